The lowest BCUT2D eigenvalue weighted by atomic mass is 10.1. The fourth-order valence-electron chi connectivity index (χ4n) is 1.64. The zero-order valence-electron chi connectivity index (χ0n) is 10.5. The number of nitrogen functional groups attached to an aromatic ring is 1. The maximum atomic E-state index is 13.5. The van der Waals surface area contributed by atoms with Gasteiger partial charge in [-0.05, 0) is 24.3 Å². The van der Waals surface area contributed by atoms with Gasteiger partial charge in [-0.3, -0.25) is 14.9 Å². The van der Waals surface area contributed by atoms with Crippen molar-refractivity contribution in [2.24, 2.45) is 0 Å². The summed E-state index contributed by atoms with van der Waals surface area (Å²) in [6.45, 7) is 0. The monoisotopic (exact) mass is 309 g/mol. The second-order valence-electron chi connectivity index (χ2n) is 4.15. The summed E-state index contributed by atoms with van der Waals surface area (Å²) in [5.41, 5.74) is 5.25. The molecule has 0 unspecified atom stereocenters. The molecule has 2 rings (SSSR count). The predicted molar refractivity (Wildman–Crippen MR) is 76.9 cm³/mol. The molecule has 0 saturated carbocycles. The Morgan fingerprint density at radius 3 is 2.67 bits per heavy atom. The number of halogens is 2. The average molecular weight is 310 g/mol. The zero-order chi connectivity index (χ0) is 15.6. The first-order chi connectivity index (χ1) is 9.86. The first-order valence-electron chi connectivity index (χ1n) is 5.68. The predicted octanol–water partition coefficient (Wildman–Crippen LogP) is 3.22. The Kier molecular flexibility index (Phi) is 4.04. The Bertz CT molecular complexity index is 737. The molecule has 2 aromatic rings. The van der Waals surface area contributed by atoms with Crippen LogP contribution in [0, 0.1) is 15.9 Å². The summed E-state index contributed by atoms with van der Waals surface area (Å²) in [6, 6.07) is 7.09. The fourth-order valence-corrected chi connectivity index (χ4v) is 1.87. The number of nitro groups is 1. The number of carbonyl (C=O) groups excluding carboxylic acids is 1. The lowest BCUT2D eigenvalue weighted by molar-refractivity contribution is -0.384. The summed E-state index contributed by atoms with van der Waals surface area (Å²) in [5, 5.41) is 13.0. The number of carbonyl (C=O) groups is 1. The second-order valence-corrected chi connectivity index (χ2v) is 4.59. The molecule has 0 radical (unpaired) electrons. The Hall–Kier alpha value is -2.67. The highest BCUT2D eigenvalue weighted by atomic mass is 35.5. The molecule has 1 amide bonds. The minimum Gasteiger partial charge on any atom is -0.399 e. The van der Waals surface area contributed by atoms with Crippen molar-refractivity contribution in [2.75, 3.05) is 11.1 Å². The number of non-ortho nitro benzene ring substituents is 1. The average Bonchev–Trinajstić information content (AvgIpc) is 2.42. The van der Waals surface area contributed by atoms with Crippen molar-refractivity contribution < 1.29 is 14.1 Å². The van der Waals surface area contributed by atoms with E-state index in [-0.39, 0.29) is 27.6 Å². The van der Waals surface area contributed by atoms with E-state index in [0.29, 0.717) is 0 Å². The van der Waals surface area contributed by atoms with Crippen molar-refractivity contribution in [3.8, 4) is 0 Å². The molecule has 21 heavy (non-hydrogen) atoms. The van der Waals surface area contributed by atoms with Gasteiger partial charge < -0.3 is 11.1 Å². The van der Waals surface area contributed by atoms with Crippen LogP contribution < -0.4 is 11.1 Å². The van der Waals surface area contributed by atoms with E-state index in [1.54, 1.807) is 0 Å². The first-order valence-corrected chi connectivity index (χ1v) is 6.06. The number of rotatable bonds is 3. The molecule has 0 atom stereocenters. The van der Waals surface area contributed by atoms with Gasteiger partial charge in [0.25, 0.3) is 11.6 Å². The quantitative estimate of drug-likeness (QED) is 0.516. The highest BCUT2D eigenvalue weighted by molar-refractivity contribution is 6.31. The number of anilines is 2. The van der Waals surface area contributed by atoms with Crippen molar-refractivity contribution >= 4 is 34.6 Å². The molecule has 6 nitrogen and oxygen atoms in total. The number of nitrogens with zero attached hydrogens (tertiary/aromatic N) is 1. The smallest absolute Gasteiger partial charge is 0.271 e. The number of nitro benzene ring substituents is 1. The largest absolute Gasteiger partial charge is 0.399 e. The highest BCUT2D eigenvalue weighted by Gasteiger charge is 2.15. The summed E-state index contributed by atoms with van der Waals surface area (Å²) >= 11 is 5.72. The maximum absolute atomic E-state index is 13.5. The van der Waals surface area contributed by atoms with Gasteiger partial charge in [-0.1, -0.05) is 11.6 Å². The molecule has 0 saturated heterocycles. The molecular weight excluding hydrogens is 301 g/mol. The van der Waals surface area contributed by atoms with Gasteiger partial charge in [0.05, 0.1) is 10.6 Å². The zero-order valence-corrected chi connectivity index (χ0v) is 11.2. The number of hydrogen-bond donors (Lipinski definition) is 2. The van der Waals surface area contributed by atoms with Crippen LogP contribution in [-0.4, -0.2) is 10.8 Å². The molecule has 0 aliphatic carbocycles. The summed E-state index contributed by atoms with van der Waals surface area (Å²) in [7, 11) is 0. The van der Waals surface area contributed by atoms with E-state index in [9.17, 15) is 19.3 Å². The van der Waals surface area contributed by atoms with Crippen LogP contribution in [0.5, 0.6) is 0 Å². The van der Waals surface area contributed by atoms with E-state index < -0.39 is 16.6 Å². The molecule has 0 bridgehead atoms. The molecule has 0 spiro atoms. The van der Waals surface area contributed by atoms with Gasteiger partial charge in [0.15, 0.2) is 0 Å². The van der Waals surface area contributed by atoms with E-state index in [2.05, 4.69) is 5.32 Å². The maximum Gasteiger partial charge on any atom is 0.271 e. The molecule has 0 aliphatic rings. The number of amides is 1. The Morgan fingerprint density at radius 1 is 1.29 bits per heavy atom. The summed E-state index contributed by atoms with van der Waals surface area (Å²) < 4.78 is 13.5. The Morgan fingerprint density at radius 2 is 2.00 bits per heavy atom. The fraction of sp³-hybridized carbons (Fsp3) is 0. The Labute approximate surface area is 123 Å². The normalized spacial score (nSPS) is 10.2. The standard InChI is InChI=1S/C13H9ClFN3O3/c14-8-3-7(4-10(5-8)18(20)21)13(19)17-12-6-9(16)1-2-11(12)15/h1-6H,16H2,(H,17,19). The Balaban J connectivity index is 2.32. The van der Waals surface area contributed by atoms with Gasteiger partial charge in [0.1, 0.15) is 5.82 Å². The van der Waals surface area contributed by atoms with Crippen LogP contribution in [0.4, 0.5) is 21.5 Å². The van der Waals surface area contributed by atoms with Gasteiger partial charge in [-0.15, -0.1) is 0 Å². The van der Waals surface area contributed by atoms with E-state index in [0.717, 1.165) is 18.2 Å². The van der Waals surface area contributed by atoms with Crippen LogP contribution in [0.2, 0.25) is 5.02 Å². The lowest BCUT2D eigenvalue weighted by Crippen LogP contribution is -2.13. The molecule has 8 heteroatoms. The summed E-state index contributed by atoms with van der Waals surface area (Å²) in [6.07, 6.45) is 0. The molecule has 0 fully saturated rings. The van der Waals surface area contributed by atoms with Crippen LogP contribution in [0.15, 0.2) is 36.4 Å². The van der Waals surface area contributed by atoms with Crippen molar-refractivity contribution in [3.05, 3.63) is 62.9 Å². The third kappa shape index (κ3) is 3.46. The molecule has 0 aromatic heterocycles. The third-order valence-corrected chi connectivity index (χ3v) is 2.81. The molecule has 0 heterocycles. The summed E-state index contributed by atoms with van der Waals surface area (Å²) in [4.78, 5) is 22.1. The second kappa shape index (κ2) is 5.76. The minimum atomic E-state index is -0.731. The number of nitrogens with one attached hydrogen (secondary N) is 1. The molecule has 0 aliphatic heterocycles. The van der Waals surface area contributed by atoms with E-state index >= 15 is 0 Å². The van der Waals surface area contributed by atoms with Crippen molar-refractivity contribution in [1.82, 2.24) is 0 Å². The number of benzene rings is 2. The summed E-state index contributed by atoms with van der Waals surface area (Å²) in [5.74, 6) is -1.40. The first kappa shape index (κ1) is 14.7. The van der Waals surface area contributed by atoms with Crippen LogP contribution in [0.1, 0.15) is 10.4 Å². The van der Waals surface area contributed by atoms with Crippen LogP contribution in [0.25, 0.3) is 0 Å². The topological polar surface area (TPSA) is 98.3 Å². The van der Waals surface area contributed by atoms with Crippen LogP contribution >= 0.6 is 11.6 Å². The van der Waals surface area contributed by atoms with Gasteiger partial charge in [-0.25, -0.2) is 4.39 Å². The van der Waals surface area contributed by atoms with E-state index in [4.69, 9.17) is 17.3 Å². The minimum absolute atomic E-state index is 0.0300. The van der Waals surface area contributed by atoms with Gasteiger partial charge in [0, 0.05) is 28.4 Å². The molecule has 108 valence electrons. The molecular formula is C13H9ClFN3O3. The SMILES string of the molecule is Nc1ccc(F)c(NC(=O)c2cc(Cl)cc([N+](=O)[O-])c2)c1. The van der Waals surface area contributed by atoms with Gasteiger partial charge in [-0.2, -0.15) is 0 Å². The highest BCUT2D eigenvalue weighted by Crippen LogP contribution is 2.23. The number of nitrogens with two attached hydrogens (primary N) is 1. The lowest BCUT2D eigenvalue weighted by Gasteiger charge is -2.07. The third-order valence-electron chi connectivity index (χ3n) is 2.59. The van der Waals surface area contributed by atoms with Crippen molar-refractivity contribution in [3.63, 3.8) is 0 Å². The van der Waals surface area contributed by atoms with Crippen LogP contribution in [-0.2, 0) is 0 Å². The van der Waals surface area contributed by atoms with Gasteiger partial charge >= 0.3 is 0 Å². The van der Waals surface area contributed by atoms with Crippen molar-refractivity contribution in [1.29, 1.82) is 0 Å². The van der Waals surface area contributed by atoms with Crippen LogP contribution in [0.3, 0.4) is 0 Å². The van der Waals surface area contributed by atoms with Crippen molar-refractivity contribution in [2.45, 2.75) is 0 Å². The number of hydrogen-bond acceptors (Lipinski definition) is 4. The molecule has 2 aromatic carbocycles. The van der Waals surface area contributed by atoms with E-state index in [1.165, 1.54) is 18.2 Å². The van der Waals surface area contributed by atoms with Gasteiger partial charge in [0.2, 0.25) is 0 Å². The molecule has 3 N–H and O–H groups in total. The van der Waals surface area contributed by atoms with E-state index in [1.807, 2.05) is 0 Å².